The van der Waals surface area contributed by atoms with E-state index in [2.05, 4.69) is 14.7 Å². The first-order valence-electron chi connectivity index (χ1n) is 6.74. The molecule has 118 valence electrons. The van der Waals surface area contributed by atoms with Crippen LogP contribution in [0.5, 0.6) is 0 Å². The molecule has 0 spiro atoms. The van der Waals surface area contributed by atoms with Gasteiger partial charge >= 0.3 is 11.9 Å². The molecule has 0 fully saturated rings. The molecule has 3 aromatic rings. The summed E-state index contributed by atoms with van der Waals surface area (Å²) >= 11 is 0. The molecule has 0 saturated carbocycles. The van der Waals surface area contributed by atoms with E-state index in [4.69, 9.17) is 0 Å². The predicted octanol–water partition coefficient (Wildman–Crippen LogP) is 3.64. The fourth-order valence-corrected chi connectivity index (χ4v) is 2.28. The summed E-state index contributed by atoms with van der Waals surface area (Å²) < 4.78 is 42.2. The van der Waals surface area contributed by atoms with Gasteiger partial charge in [-0.05, 0) is 29.7 Å². The van der Waals surface area contributed by atoms with Crippen molar-refractivity contribution in [1.29, 1.82) is 0 Å². The number of H-pyrrole nitrogens is 1. The van der Waals surface area contributed by atoms with Crippen LogP contribution in [0.25, 0.3) is 11.4 Å². The summed E-state index contributed by atoms with van der Waals surface area (Å²) in [6, 6.07) is 12.1. The van der Waals surface area contributed by atoms with Gasteiger partial charge in [0.25, 0.3) is 0 Å². The van der Waals surface area contributed by atoms with Gasteiger partial charge in [-0.1, -0.05) is 41.6 Å². The Morgan fingerprint density at radius 1 is 1.04 bits per heavy atom. The van der Waals surface area contributed by atoms with Crippen molar-refractivity contribution in [2.75, 3.05) is 0 Å². The summed E-state index contributed by atoms with van der Waals surface area (Å²) in [5.41, 5.74) is 1.52. The molecule has 0 aliphatic carbocycles. The van der Waals surface area contributed by atoms with Gasteiger partial charge in [0.1, 0.15) is 0 Å². The second-order valence-corrected chi connectivity index (χ2v) is 4.97. The van der Waals surface area contributed by atoms with Gasteiger partial charge in [0.15, 0.2) is 5.82 Å². The average Bonchev–Trinajstić information content (AvgIpc) is 2.94. The largest absolute Gasteiger partial charge is 0.439 e. The van der Waals surface area contributed by atoms with Gasteiger partial charge in [0, 0.05) is 5.56 Å². The summed E-state index contributed by atoms with van der Waals surface area (Å²) in [5.74, 6) is -0.373. The molecule has 1 N–H and O–H groups in total. The van der Waals surface area contributed by atoms with E-state index < -0.39 is 17.5 Å². The fraction of sp³-hybridized carbons (Fsp3) is 0.125. The third-order valence-electron chi connectivity index (χ3n) is 3.39. The minimum atomic E-state index is -4.35. The number of alkyl halides is 3. The summed E-state index contributed by atoms with van der Waals surface area (Å²) in [5, 5.41) is 3.64. The molecule has 0 bridgehead atoms. The number of aromatic nitrogens is 2. The van der Waals surface area contributed by atoms with Crippen molar-refractivity contribution < 1.29 is 17.7 Å². The van der Waals surface area contributed by atoms with E-state index in [0.717, 1.165) is 23.3 Å². The van der Waals surface area contributed by atoms with Crippen LogP contribution in [0.15, 0.2) is 57.8 Å². The lowest BCUT2D eigenvalue weighted by Gasteiger charge is -2.09. The summed E-state index contributed by atoms with van der Waals surface area (Å²) in [7, 11) is 0. The second-order valence-electron chi connectivity index (χ2n) is 4.97. The van der Waals surface area contributed by atoms with Gasteiger partial charge in [0.2, 0.25) is 0 Å². The van der Waals surface area contributed by atoms with Gasteiger partial charge in [-0.25, -0.2) is 4.79 Å². The second kappa shape index (κ2) is 5.75. The van der Waals surface area contributed by atoms with Gasteiger partial charge in [-0.2, -0.15) is 13.2 Å². The van der Waals surface area contributed by atoms with Crippen molar-refractivity contribution in [2.45, 2.75) is 12.6 Å². The van der Waals surface area contributed by atoms with Crippen LogP contribution in [0.3, 0.4) is 0 Å². The first-order chi connectivity index (χ1) is 10.9. The Bertz CT molecular complexity index is 864. The smallest absolute Gasteiger partial charge is 0.296 e. The molecule has 0 saturated heterocycles. The van der Waals surface area contributed by atoms with Crippen molar-refractivity contribution in [3.63, 3.8) is 0 Å². The third kappa shape index (κ3) is 3.33. The van der Waals surface area contributed by atoms with E-state index in [1.165, 1.54) is 12.1 Å². The van der Waals surface area contributed by atoms with E-state index in [0.29, 0.717) is 12.0 Å². The van der Waals surface area contributed by atoms with Crippen LogP contribution in [0, 0.1) is 0 Å². The molecular weight excluding hydrogens is 309 g/mol. The lowest BCUT2D eigenvalue weighted by molar-refractivity contribution is -0.137. The Labute approximate surface area is 128 Å². The highest BCUT2D eigenvalue weighted by molar-refractivity contribution is 5.60. The van der Waals surface area contributed by atoms with Crippen molar-refractivity contribution in [2.24, 2.45) is 0 Å². The number of halogens is 3. The van der Waals surface area contributed by atoms with Gasteiger partial charge < -0.3 is 0 Å². The van der Waals surface area contributed by atoms with Crippen molar-refractivity contribution in [3.05, 3.63) is 75.8 Å². The topological polar surface area (TPSA) is 58.9 Å². The number of rotatable bonds is 3. The molecule has 2 aromatic carbocycles. The van der Waals surface area contributed by atoms with Crippen LogP contribution in [0.2, 0.25) is 0 Å². The Hall–Kier alpha value is -2.83. The summed E-state index contributed by atoms with van der Waals surface area (Å²) in [6.07, 6.45) is -3.94. The Balaban J connectivity index is 1.90. The number of hydrogen-bond donors (Lipinski definition) is 1. The molecule has 0 unspecified atom stereocenters. The first-order valence-corrected chi connectivity index (χ1v) is 6.74. The zero-order chi connectivity index (χ0) is 16.4. The van der Waals surface area contributed by atoms with Crippen molar-refractivity contribution in [1.82, 2.24) is 10.1 Å². The number of nitrogens with one attached hydrogen (secondary N) is 1. The van der Waals surface area contributed by atoms with E-state index >= 15 is 0 Å². The molecule has 1 aromatic heterocycles. The van der Waals surface area contributed by atoms with Crippen LogP contribution >= 0.6 is 0 Å². The highest BCUT2D eigenvalue weighted by atomic mass is 19.4. The Morgan fingerprint density at radius 2 is 1.74 bits per heavy atom. The molecule has 0 atom stereocenters. The summed E-state index contributed by atoms with van der Waals surface area (Å²) in [4.78, 5) is 13.5. The molecule has 23 heavy (non-hydrogen) atoms. The lowest BCUT2D eigenvalue weighted by atomic mass is 9.98. The predicted molar refractivity (Wildman–Crippen MR) is 76.8 cm³/mol. The highest BCUT2D eigenvalue weighted by Crippen LogP contribution is 2.30. The maximum absolute atomic E-state index is 12.6. The number of aromatic amines is 1. The van der Waals surface area contributed by atoms with Crippen LogP contribution in [-0.4, -0.2) is 10.1 Å². The monoisotopic (exact) mass is 320 g/mol. The number of benzene rings is 2. The molecule has 0 amide bonds. The van der Waals surface area contributed by atoms with E-state index in [1.54, 1.807) is 18.2 Å². The minimum Gasteiger partial charge on any atom is -0.296 e. The van der Waals surface area contributed by atoms with Gasteiger partial charge in [-0.15, -0.1) is 0 Å². The van der Waals surface area contributed by atoms with Crippen LogP contribution in [0.4, 0.5) is 13.2 Å². The van der Waals surface area contributed by atoms with E-state index in [1.807, 2.05) is 6.07 Å². The fourth-order valence-electron chi connectivity index (χ4n) is 2.28. The zero-order valence-electron chi connectivity index (χ0n) is 11.7. The van der Waals surface area contributed by atoms with Crippen molar-refractivity contribution in [3.8, 4) is 11.4 Å². The first kappa shape index (κ1) is 15.1. The summed E-state index contributed by atoms with van der Waals surface area (Å²) in [6.45, 7) is 0. The lowest BCUT2D eigenvalue weighted by Crippen LogP contribution is -2.04. The molecule has 1 heterocycles. The van der Waals surface area contributed by atoms with Crippen LogP contribution < -0.4 is 5.76 Å². The molecule has 4 nitrogen and oxygen atoms in total. The maximum Gasteiger partial charge on any atom is 0.439 e. The third-order valence-corrected chi connectivity index (χ3v) is 3.39. The quantitative estimate of drug-likeness (QED) is 0.801. The SMILES string of the molecule is O=c1[nH]c(-c2ccccc2Cc2ccc(C(F)(F)F)cc2)no1. The van der Waals surface area contributed by atoms with E-state index in [9.17, 15) is 18.0 Å². The molecular formula is C16H11F3N2O2. The van der Waals surface area contributed by atoms with E-state index in [-0.39, 0.29) is 5.82 Å². The zero-order valence-corrected chi connectivity index (χ0v) is 11.7. The minimum absolute atomic E-state index is 0.289. The molecule has 0 radical (unpaired) electrons. The molecule has 3 rings (SSSR count). The standard InChI is InChI=1S/C16H11F3N2O2/c17-16(18,19)12-7-5-10(6-8-12)9-11-3-1-2-4-13(11)14-20-15(22)23-21-14/h1-8H,9H2,(H,20,21,22). The van der Waals surface area contributed by atoms with Gasteiger partial charge in [-0.3, -0.25) is 9.51 Å². The maximum atomic E-state index is 12.6. The molecule has 0 aliphatic heterocycles. The Morgan fingerprint density at radius 3 is 2.35 bits per heavy atom. The number of nitrogens with zero attached hydrogens (tertiary/aromatic N) is 1. The normalized spacial score (nSPS) is 11.6. The highest BCUT2D eigenvalue weighted by Gasteiger charge is 2.29. The average molecular weight is 320 g/mol. The molecule has 0 aliphatic rings. The van der Waals surface area contributed by atoms with Gasteiger partial charge in [0.05, 0.1) is 5.56 Å². The van der Waals surface area contributed by atoms with Crippen LogP contribution in [0.1, 0.15) is 16.7 Å². The van der Waals surface area contributed by atoms with Crippen LogP contribution in [-0.2, 0) is 12.6 Å². The van der Waals surface area contributed by atoms with Crippen molar-refractivity contribution >= 4 is 0 Å². The Kier molecular flexibility index (Phi) is 3.77. The number of hydrogen-bond acceptors (Lipinski definition) is 3. The molecule has 7 heteroatoms.